The third-order valence-electron chi connectivity index (χ3n) is 3.08. The molecule has 0 fully saturated rings. The third-order valence-corrected chi connectivity index (χ3v) is 3.08. The van der Waals surface area contributed by atoms with Crippen LogP contribution in [0, 0.1) is 0 Å². The molecule has 2 rings (SSSR count). The molecule has 19 heavy (non-hydrogen) atoms. The molecule has 0 atom stereocenters. The van der Waals surface area contributed by atoms with Gasteiger partial charge < -0.3 is 15.4 Å². The van der Waals surface area contributed by atoms with Gasteiger partial charge in [0.05, 0.1) is 7.11 Å². The van der Waals surface area contributed by atoms with E-state index < -0.39 is 0 Å². The highest BCUT2D eigenvalue weighted by molar-refractivity contribution is 5.53. The van der Waals surface area contributed by atoms with Gasteiger partial charge in [0.2, 0.25) is 0 Å². The van der Waals surface area contributed by atoms with Gasteiger partial charge in [-0.1, -0.05) is 12.1 Å². The second-order valence-corrected chi connectivity index (χ2v) is 4.35. The molecule has 0 radical (unpaired) electrons. The van der Waals surface area contributed by atoms with Crippen LogP contribution in [0.1, 0.15) is 5.56 Å². The van der Waals surface area contributed by atoms with E-state index in [1.807, 2.05) is 19.2 Å². The molecule has 2 N–H and O–H groups in total. The Kier molecular flexibility index (Phi) is 4.67. The van der Waals surface area contributed by atoms with Crippen molar-refractivity contribution in [1.29, 1.82) is 0 Å². The molecule has 0 bridgehead atoms. The van der Waals surface area contributed by atoms with Crippen molar-refractivity contribution < 1.29 is 4.74 Å². The number of hydrogen-bond donors (Lipinski definition) is 2. The summed E-state index contributed by atoms with van der Waals surface area (Å²) in [6.45, 7) is 0.922. The second kappa shape index (κ2) is 6.69. The third kappa shape index (κ3) is 3.91. The maximum atomic E-state index is 5.14. The van der Waals surface area contributed by atoms with Gasteiger partial charge in [-0.2, -0.15) is 0 Å². The summed E-state index contributed by atoms with van der Waals surface area (Å²) in [5.41, 5.74) is 3.58. The molecule has 0 aliphatic rings. The quantitative estimate of drug-likeness (QED) is 0.831. The standard InChI is InChI=1S/C16H20N2O/c1-17-14-5-7-15(8-6-14)18-12-11-13-3-9-16(19-2)10-4-13/h3-10,17-18H,11-12H2,1-2H3. The largest absolute Gasteiger partial charge is 0.497 e. The Hall–Kier alpha value is -2.16. The minimum atomic E-state index is 0.902. The Morgan fingerprint density at radius 3 is 2.11 bits per heavy atom. The van der Waals surface area contributed by atoms with Crippen molar-refractivity contribution in [2.75, 3.05) is 31.3 Å². The lowest BCUT2D eigenvalue weighted by atomic mass is 10.1. The monoisotopic (exact) mass is 256 g/mol. The Bertz CT molecular complexity index is 444. The van der Waals surface area contributed by atoms with E-state index in [2.05, 4.69) is 47.0 Å². The minimum absolute atomic E-state index is 0.902. The van der Waals surface area contributed by atoms with Crippen molar-refractivity contribution >= 4 is 11.4 Å². The summed E-state index contributed by atoms with van der Waals surface area (Å²) >= 11 is 0. The van der Waals surface area contributed by atoms with Gasteiger partial charge in [-0.25, -0.2) is 0 Å². The Morgan fingerprint density at radius 2 is 1.53 bits per heavy atom. The zero-order chi connectivity index (χ0) is 13.5. The first-order chi connectivity index (χ1) is 9.31. The maximum Gasteiger partial charge on any atom is 0.118 e. The van der Waals surface area contributed by atoms with Gasteiger partial charge in [0.1, 0.15) is 5.75 Å². The van der Waals surface area contributed by atoms with Crippen LogP contribution in [0.3, 0.4) is 0 Å². The second-order valence-electron chi connectivity index (χ2n) is 4.35. The summed E-state index contributed by atoms with van der Waals surface area (Å²) in [7, 11) is 3.61. The molecule has 0 aromatic heterocycles. The number of anilines is 2. The van der Waals surface area contributed by atoms with E-state index in [1.54, 1.807) is 7.11 Å². The van der Waals surface area contributed by atoms with Crippen LogP contribution in [0.2, 0.25) is 0 Å². The first-order valence-electron chi connectivity index (χ1n) is 6.46. The first-order valence-corrected chi connectivity index (χ1v) is 6.46. The molecule has 0 saturated heterocycles. The molecule has 0 saturated carbocycles. The van der Waals surface area contributed by atoms with Crippen LogP contribution < -0.4 is 15.4 Å². The molecular formula is C16H20N2O. The van der Waals surface area contributed by atoms with Gasteiger partial charge in [-0.15, -0.1) is 0 Å². The van der Waals surface area contributed by atoms with E-state index in [4.69, 9.17) is 4.74 Å². The number of benzene rings is 2. The highest BCUT2D eigenvalue weighted by Gasteiger charge is 1.96. The lowest BCUT2D eigenvalue weighted by Gasteiger charge is -2.08. The fraction of sp³-hybridized carbons (Fsp3) is 0.250. The van der Waals surface area contributed by atoms with Crippen molar-refractivity contribution in [3.63, 3.8) is 0 Å². The summed E-state index contributed by atoms with van der Waals surface area (Å²) in [6.07, 6.45) is 0.998. The summed E-state index contributed by atoms with van der Waals surface area (Å²) < 4.78 is 5.14. The van der Waals surface area contributed by atoms with Gasteiger partial charge >= 0.3 is 0 Å². The highest BCUT2D eigenvalue weighted by Crippen LogP contribution is 2.14. The molecule has 0 spiro atoms. The maximum absolute atomic E-state index is 5.14. The molecule has 2 aromatic carbocycles. The predicted octanol–water partition coefficient (Wildman–Crippen LogP) is 3.39. The van der Waals surface area contributed by atoms with Gasteiger partial charge in [0.25, 0.3) is 0 Å². The highest BCUT2D eigenvalue weighted by atomic mass is 16.5. The Balaban J connectivity index is 1.81. The van der Waals surface area contributed by atoms with E-state index in [0.717, 1.165) is 30.1 Å². The van der Waals surface area contributed by atoms with Crippen LogP contribution in [0.15, 0.2) is 48.5 Å². The van der Waals surface area contributed by atoms with Crippen molar-refractivity contribution in [2.45, 2.75) is 6.42 Å². The van der Waals surface area contributed by atoms with Crippen molar-refractivity contribution in [3.05, 3.63) is 54.1 Å². The van der Waals surface area contributed by atoms with E-state index >= 15 is 0 Å². The molecule has 0 aliphatic carbocycles. The fourth-order valence-corrected chi connectivity index (χ4v) is 1.90. The van der Waals surface area contributed by atoms with Crippen molar-refractivity contribution in [3.8, 4) is 5.75 Å². The van der Waals surface area contributed by atoms with Crippen LogP contribution in [0.5, 0.6) is 5.75 Å². The van der Waals surface area contributed by atoms with Crippen LogP contribution in [0.4, 0.5) is 11.4 Å². The molecule has 3 nitrogen and oxygen atoms in total. The molecule has 0 heterocycles. The number of rotatable bonds is 6. The number of nitrogens with one attached hydrogen (secondary N) is 2. The molecule has 0 aliphatic heterocycles. The van der Waals surface area contributed by atoms with Crippen LogP contribution in [0.25, 0.3) is 0 Å². The summed E-state index contributed by atoms with van der Waals surface area (Å²) in [4.78, 5) is 0. The van der Waals surface area contributed by atoms with Gasteiger partial charge in [-0.3, -0.25) is 0 Å². The first kappa shape index (κ1) is 13.3. The van der Waals surface area contributed by atoms with Gasteiger partial charge in [0, 0.05) is 25.0 Å². The van der Waals surface area contributed by atoms with Crippen molar-refractivity contribution in [2.24, 2.45) is 0 Å². The normalized spacial score (nSPS) is 10.0. The Labute approximate surface area is 114 Å². The topological polar surface area (TPSA) is 33.3 Å². The summed E-state index contributed by atoms with van der Waals surface area (Å²) in [5.74, 6) is 0.902. The van der Waals surface area contributed by atoms with Crippen LogP contribution >= 0.6 is 0 Å². The molecule has 0 unspecified atom stereocenters. The zero-order valence-electron chi connectivity index (χ0n) is 11.4. The van der Waals surface area contributed by atoms with Crippen molar-refractivity contribution in [1.82, 2.24) is 0 Å². The predicted molar refractivity (Wildman–Crippen MR) is 81.2 cm³/mol. The number of methoxy groups -OCH3 is 1. The lowest BCUT2D eigenvalue weighted by molar-refractivity contribution is 0.414. The van der Waals surface area contributed by atoms with Gasteiger partial charge in [-0.05, 0) is 48.4 Å². The molecule has 2 aromatic rings. The average molecular weight is 256 g/mol. The number of ether oxygens (including phenoxy) is 1. The molecule has 100 valence electrons. The lowest BCUT2D eigenvalue weighted by Crippen LogP contribution is -2.04. The van der Waals surface area contributed by atoms with E-state index in [1.165, 1.54) is 5.56 Å². The molecule has 0 amide bonds. The van der Waals surface area contributed by atoms with Crippen LogP contribution in [-0.4, -0.2) is 20.7 Å². The zero-order valence-corrected chi connectivity index (χ0v) is 11.4. The smallest absolute Gasteiger partial charge is 0.118 e. The minimum Gasteiger partial charge on any atom is -0.497 e. The van der Waals surface area contributed by atoms with Gasteiger partial charge in [0.15, 0.2) is 0 Å². The van der Waals surface area contributed by atoms with E-state index in [9.17, 15) is 0 Å². The average Bonchev–Trinajstić information content (AvgIpc) is 2.49. The Morgan fingerprint density at radius 1 is 0.895 bits per heavy atom. The molecule has 3 heteroatoms. The van der Waals surface area contributed by atoms with Crippen LogP contribution in [-0.2, 0) is 6.42 Å². The number of hydrogen-bond acceptors (Lipinski definition) is 3. The van der Waals surface area contributed by atoms with E-state index in [0.29, 0.717) is 0 Å². The van der Waals surface area contributed by atoms with E-state index in [-0.39, 0.29) is 0 Å². The molecular weight excluding hydrogens is 236 g/mol. The SMILES string of the molecule is CNc1ccc(NCCc2ccc(OC)cc2)cc1. The fourth-order valence-electron chi connectivity index (χ4n) is 1.90. The summed E-state index contributed by atoms with van der Waals surface area (Å²) in [6, 6.07) is 16.5. The summed E-state index contributed by atoms with van der Waals surface area (Å²) in [5, 5.41) is 6.52.